The number of sulfonamides is 1. The molecule has 0 unspecified atom stereocenters. The van der Waals surface area contributed by atoms with E-state index in [9.17, 15) is 18.0 Å². The molecular formula is C25H30N4O4S2. The summed E-state index contributed by atoms with van der Waals surface area (Å²) in [6, 6.07) is 11.4. The summed E-state index contributed by atoms with van der Waals surface area (Å²) in [5, 5.41) is 0.867. The smallest absolute Gasteiger partial charge is 0.241 e. The number of Topliss-reactive ketones (excluding diaryl/α,β-unsaturated/α-hetero) is 1. The number of thiazole rings is 1. The molecule has 1 N–H and O–H groups in total. The Kier molecular flexibility index (Phi) is 7.25. The van der Waals surface area contributed by atoms with E-state index in [1.807, 2.05) is 45.0 Å². The van der Waals surface area contributed by atoms with Crippen LogP contribution in [0.25, 0.3) is 10.2 Å². The van der Waals surface area contributed by atoms with Gasteiger partial charge in [0.2, 0.25) is 15.9 Å². The standard InChI is InChI=1S/C25H30N4O4S2/c1-16(2)24(27-35(32,33)21-9-10-22-23(15-21)34-18(4)26-22)25(31)29-13-11-28(12-14-29)20-7-5-19(6-8-20)17(3)30/h5-10,15-16,24,27H,11-14H2,1-4H3/t24-/m0/s1. The van der Waals surface area contributed by atoms with Crippen molar-refractivity contribution < 1.29 is 18.0 Å². The molecule has 0 bridgehead atoms. The molecule has 35 heavy (non-hydrogen) atoms. The van der Waals surface area contributed by atoms with Gasteiger partial charge in [0.05, 0.1) is 20.1 Å². The summed E-state index contributed by atoms with van der Waals surface area (Å²) >= 11 is 1.44. The van der Waals surface area contributed by atoms with E-state index in [1.165, 1.54) is 24.3 Å². The van der Waals surface area contributed by atoms with E-state index in [2.05, 4.69) is 14.6 Å². The summed E-state index contributed by atoms with van der Waals surface area (Å²) in [4.78, 5) is 33.3. The molecule has 0 aliphatic carbocycles. The van der Waals surface area contributed by atoms with Crippen LogP contribution in [0, 0.1) is 12.8 Å². The van der Waals surface area contributed by atoms with Gasteiger partial charge in [-0.2, -0.15) is 4.72 Å². The van der Waals surface area contributed by atoms with Gasteiger partial charge < -0.3 is 9.80 Å². The molecule has 1 atom stereocenters. The van der Waals surface area contributed by atoms with Gasteiger partial charge in [-0.05, 0) is 62.2 Å². The molecule has 0 spiro atoms. The number of aryl methyl sites for hydroxylation is 1. The Morgan fingerprint density at radius 2 is 1.69 bits per heavy atom. The molecule has 8 nitrogen and oxygen atoms in total. The molecule has 1 amide bonds. The number of fused-ring (bicyclic) bond motifs is 1. The molecule has 1 saturated heterocycles. The number of ketones is 1. The van der Waals surface area contributed by atoms with Crippen LogP contribution in [0.15, 0.2) is 47.4 Å². The summed E-state index contributed by atoms with van der Waals surface area (Å²) in [5.74, 6) is -0.412. The van der Waals surface area contributed by atoms with Gasteiger partial charge in [0, 0.05) is 37.4 Å². The van der Waals surface area contributed by atoms with Crippen molar-refractivity contribution in [2.75, 3.05) is 31.1 Å². The number of benzene rings is 2. The summed E-state index contributed by atoms with van der Waals surface area (Å²) in [5.41, 5.74) is 2.42. The van der Waals surface area contributed by atoms with Gasteiger partial charge in [-0.1, -0.05) is 13.8 Å². The Bertz CT molecular complexity index is 1340. The van der Waals surface area contributed by atoms with E-state index in [1.54, 1.807) is 17.0 Å². The Hall–Kier alpha value is -2.82. The van der Waals surface area contributed by atoms with Crippen molar-refractivity contribution in [3.63, 3.8) is 0 Å². The molecule has 1 aliphatic heterocycles. The predicted octanol–water partition coefficient (Wildman–Crippen LogP) is 3.46. The number of aromatic nitrogens is 1. The summed E-state index contributed by atoms with van der Waals surface area (Å²) in [7, 11) is -3.89. The average molecular weight is 515 g/mol. The first-order valence-electron chi connectivity index (χ1n) is 11.6. The number of hydrogen-bond donors (Lipinski definition) is 1. The molecule has 186 valence electrons. The van der Waals surface area contributed by atoms with Gasteiger partial charge in [0.15, 0.2) is 5.78 Å². The quantitative estimate of drug-likeness (QED) is 0.485. The fourth-order valence-corrected chi connectivity index (χ4v) is 6.49. The lowest BCUT2D eigenvalue weighted by atomic mass is 10.0. The maximum absolute atomic E-state index is 13.4. The second-order valence-electron chi connectivity index (χ2n) is 9.12. The maximum Gasteiger partial charge on any atom is 0.241 e. The summed E-state index contributed by atoms with van der Waals surface area (Å²) in [6.45, 7) is 9.34. The number of hydrogen-bond acceptors (Lipinski definition) is 7. The fraction of sp³-hybridized carbons (Fsp3) is 0.400. The first-order valence-corrected chi connectivity index (χ1v) is 13.9. The van der Waals surface area contributed by atoms with Crippen LogP contribution in [-0.4, -0.2) is 62.2 Å². The normalized spacial score (nSPS) is 15.6. The number of carbonyl (C=O) groups excluding carboxylic acids is 2. The molecule has 2 heterocycles. The Morgan fingerprint density at radius 3 is 2.29 bits per heavy atom. The van der Waals surface area contributed by atoms with Crippen LogP contribution in [0.1, 0.15) is 36.1 Å². The van der Waals surface area contributed by atoms with E-state index < -0.39 is 16.1 Å². The van der Waals surface area contributed by atoms with Crippen molar-refractivity contribution in [3.8, 4) is 0 Å². The third-order valence-corrected chi connectivity index (χ3v) is 8.59. The molecule has 1 fully saturated rings. The third-order valence-electron chi connectivity index (χ3n) is 6.22. The molecular weight excluding hydrogens is 484 g/mol. The Morgan fingerprint density at radius 1 is 1.03 bits per heavy atom. The number of rotatable bonds is 7. The second-order valence-corrected chi connectivity index (χ2v) is 12.1. The molecule has 1 aliphatic rings. The van der Waals surface area contributed by atoms with Crippen molar-refractivity contribution in [1.29, 1.82) is 0 Å². The van der Waals surface area contributed by atoms with E-state index in [4.69, 9.17) is 0 Å². The highest BCUT2D eigenvalue weighted by Crippen LogP contribution is 2.25. The van der Waals surface area contributed by atoms with Crippen molar-refractivity contribution in [2.45, 2.75) is 38.6 Å². The Balaban J connectivity index is 1.44. The molecule has 10 heteroatoms. The zero-order chi connectivity index (χ0) is 25.3. The molecule has 4 rings (SSSR count). The van der Waals surface area contributed by atoms with E-state index in [0.29, 0.717) is 31.7 Å². The fourth-order valence-electron chi connectivity index (χ4n) is 4.18. The lowest BCUT2D eigenvalue weighted by Gasteiger charge is -2.38. The van der Waals surface area contributed by atoms with Gasteiger partial charge in [0.1, 0.15) is 6.04 Å². The lowest BCUT2D eigenvalue weighted by Crippen LogP contribution is -2.56. The van der Waals surface area contributed by atoms with Gasteiger partial charge in [-0.25, -0.2) is 13.4 Å². The van der Waals surface area contributed by atoms with E-state index in [-0.39, 0.29) is 22.5 Å². The monoisotopic (exact) mass is 514 g/mol. The first-order chi connectivity index (χ1) is 16.5. The largest absolute Gasteiger partial charge is 0.368 e. The Labute approximate surface area is 210 Å². The molecule has 2 aromatic carbocycles. The highest BCUT2D eigenvalue weighted by atomic mass is 32.2. The minimum absolute atomic E-state index is 0.0243. The van der Waals surface area contributed by atoms with Crippen LogP contribution in [-0.2, 0) is 14.8 Å². The number of piperazine rings is 1. The van der Waals surface area contributed by atoms with E-state index >= 15 is 0 Å². The zero-order valence-electron chi connectivity index (χ0n) is 20.3. The van der Waals surface area contributed by atoms with Crippen molar-refractivity contribution in [3.05, 3.63) is 53.0 Å². The van der Waals surface area contributed by atoms with Gasteiger partial charge >= 0.3 is 0 Å². The van der Waals surface area contributed by atoms with Gasteiger partial charge in [-0.3, -0.25) is 9.59 Å². The van der Waals surface area contributed by atoms with E-state index in [0.717, 1.165) is 20.9 Å². The van der Waals surface area contributed by atoms with Crippen LogP contribution in [0.5, 0.6) is 0 Å². The summed E-state index contributed by atoms with van der Waals surface area (Å²) in [6.07, 6.45) is 0. The van der Waals surface area contributed by atoms with Crippen LogP contribution >= 0.6 is 11.3 Å². The van der Waals surface area contributed by atoms with Crippen molar-refractivity contribution in [1.82, 2.24) is 14.6 Å². The number of amides is 1. The van der Waals surface area contributed by atoms with Crippen molar-refractivity contribution in [2.24, 2.45) is 5.92 Å². The predicted molar refractivity (Wildman–Crippen MR) is 139 cm³/mol. The molecule has 0 saturated carbocycles. The van der Waals surface area contributed by atoms with Gasteiger partial charge in [-0.15, -0.1) is 11.3 Å². The SMILES string of the molecule is CC(=O)c1ccc(N2CCN(C(=O)[C@@H](NS(=O)(=O)c3ccc4nc(C)sc4c3)C(C)C)CC2)cc1. The zero-order valence-corrected chi connectivity index (χ0v) is 21.9. The molecule has 1 aromatic heterocycles. The number of nitrogens with one attached hydrogen (secondary N) is 1. The highest BCUT2D eigenvalue weighted by molar-refractivity contribution is 7.89. The maximum atomic E-state index is 13.4. The number of anilines is 1. The average Bonchev–Trinajstić information content (AvgIpc) is 3.21. The number of carbonyl (C=O) groups is 2. The minimum Gasteiger partial charge on any atom is -0.368 e. The van der Waals surface area contributed by atoms with Crippen molar-refractivity contribution >= 4 is 49.0 Å². The van der Waals surface area contributed by atoms with Crippen LogP contribution < -0.4 is 9.62 Å². The molecule has 0 radical (unpaired) electrons. The third kappa shape index (κ3) is 5.55. The second kappa shape index (κ2) is 10.0. The minimum atomic E-state index is -3.89. The first kappa shape index (κ1) is 25.3. The highest BCUT2D eigenvalue weighted by Gasteiger charge is 2.33. The van der Waals surface area contributed by atoms with Crippen LogP contribution in [0.4, 0.5) is 5.69 Å². The summed E-state index contributed by atoms with van der Waals surface area (Å²) < 4.78 is 29.8. The lowest BCUT2D eigenvalue weighted by molar-refractivity contribution is -0.134. The van der Waals surface area contributed by atoms with Crippen LogP contribution in [0.2, 0.25) is 0 Å². The van der Waals surface area contributed by atoms with Gasteiger partial charge in [0.25, 0.3) is 0 Å². The van der Waals surface area contributed by atoms with Crippen LogP contribution in [0.3, 0.4) is 0 Å². The number of nitrogens with zero attached hydrogens (tertiary/aromatic N) is 3. The topological polar surface area (TPSA) is 99.7 Å². The molecule has 3 aromatic rings.